The van der Waals surface area contributed by atoms with Crippen molar-refractivity contribution in [2.75, 3.05) is 13.2 Å². The minimum Gasteiger partial charge on any atom is -0.482 e. The van der Waals surface area contributed by atoms with Gasteiger partial charge in [0.1, 0.15) is 24.1 Å². The van der Waals surface area contributed by atoms with Crippen LogP contribution >= 0.6 is 0 Å². The molecule has 1 rings (SSSR count). The number of rotatable bonds is 22. The van der Waals surface area contributed by atoms with Gasteiger partial charge in [-0.25, -0.2) is 4.99 Å². The lowest BCUT2D eigenvalue weighted by Gasteiger charge is -2.37. The number of carbonyl (C=O) groups is 2. The Morgan fingerprint density at radius 3 is 2.02 bits per heavy atom. The normalized spacial score (nSPS) is 20.4. The molecule has 5 atom stereocenters. The number of guanidine groups is 1. The molecule has 1 amide bonds. The Balaban J connectivity index is 2.27. The second kappa shape index (κ2) is 23.9. The zero-order valence-electron chi connectivity index (χ0n) is 26.4. The molecule has 0 aliphatic carbocycles. The van der Waals surface area contributed by atoms with Crippen LogP contribution in [0.3, 0.4) is 0 Å². The van der Waals surface area contributed by atoms with Crippen LogP contribution < -0.4 is 16.8 Å². The molecule has 0 aromatic carbocycles. The number of aliphatic imine (C=N–C) groups is 1. The summed E-state index contributed by atoms with van der Waals surface area (Å²) in [6, 6.07) is -0.676. The van der Waals surface area contributed by atoms with Crippen molar-refractivity contribution in [2.24, 2.45) is 22.4 Å². The highest BCUT2D eigenvalue weighted by molar-refractivity contribution is 5.91. The number of amides is 1. The van der Waals surface area contributed by atoms with Crippen LogP contribution in [-0.4, -0.2) is 70.5 Å². The van der Waals surface area contributed by atoms with E-state index in [0.717, 1.165) is 44.9 Å². The number of aliphatic hydroxyl groups is 3. The van der Waals surface area contributed by atoms with E-state index < -0.39 is 42.8 Å². The van der Waals surface area contributed by atoms with E-state index >= 15 is 0 Å². The van der Waals surface area contributed by atoms with Crippen molar-refractivity contribution in [3.63, 3.8) is 0 Å². The molecule has 246 valence electrons. The third-order valence-corrected chi connectivity index (χ3v) is 6.98. The van der Waals surface area contributed by atoms with Gasteiger partial charge in [0, 0.05) is 25.3 Å². The first-order chi connectivity index (χ1) is 21.2. The van der Waals surface area contributed by atoms with Crippen molar-refractivity contribution in [2.45, 2.75) is 102 Å². The monoisotopic (exact) mass is 614 g/mol. The van der Waals surface area contributed by atoms with Crippen LogP contribution in [0.2, 0.25) is 0 Å². The molecular formula is C34H54N4O6. The number of allylic oxidation sites excluding steroid dienone is 10. The molecule has 0 aromatic rings. The summed E-state index contributed by atoms with van der Waals surface area (Å²) >= 11 is 0. The van der Waals surface area contributed by atoms with E-state index in [0.29, 0.717) is 19.3 Å². The number of Topliss-reactive ketones (excluding diaryl/α,β-unsaturated/α-hetero) is 1. The van der Waals surface area contributed by atoms with Gasteiger partial charge in [-0.1, -0.05) is 74.6 Å². The Morgan fingerprint density at radius 1 is 0.932 bits per heavy atom. The van der Waals surface area contributed by atoms with E-state index in [1.165, 1.54) is 6.08 Å². The Bertz CT molecular complexity index is 1040. The smallest absolute Gasteiger partial charge is 0.286 e. The van der Waals surface area contributed by atoms with Crippen LogP contribution in [0.15, 0.2) is 77.6 Å². The summed E-state index contributed by atoms with van der Waals surface area (Å²) in [6.45, 7) is 3.42. The van der Waals surface area contributed by atoms with Gasteiger partial charge in [-0.3, -0.25) is 9.59 Å². The molecular weight excluding hydrogens is 560 g/mol. The number of ketones is 1. The summed E-state index contributed by atoms with van der Waals surface area (Å²) in [6.07, 6.45) is 26.9. The van der Waals surface area contributed by atoms with Crippen molar-refractivity contribution < 1.29 is 29.6 Å². The van der Waals surface area contributed by atoms with Gasteiger partial charge in [0.05, 0.1) is 12.6 Å². The molecule has 1 heterocycles. The quantitative estimate of drug-likeness (QED) is 0.0463. The lowest BCUT2D eigenvalue weighted by Crippen LogP contribution is -2.50. The Morgan fingerprint density at radius 2 is 1.48 bits per heavy atom. The largest absolute Gasteiger partial charge is 0.482 e. The first-order valence-corrected chi connectivity index (χ1v) is 15.7. The maximum Gasteiger partial charge on any atom is 0.286 e. The van der Waals surface area contributed by atoms with E-state index in [-0.39, 0.29) is 24.0 Å². The predicted octanol–water partition coefficient (Wildman–Crippen LogP) is 3.65. The van der Waals surface area contributed by atoms with Gasteiger partial charge in [-0.2, -0.15) is 0 Å². The zero-order valence-corrected chi connectivity index (χ0v) is 26.4. The van der Waals surface area contributed by atoms with Crippen molar-refractivity contribution in [1.29, 1.82) is 0 Å². The molecule has 10 nitrogen and oxygen atoms in total. The molecule has 0 saturated heterocycles. The minimum absolute atomic E-state index is 0.101. The Kier molecular flexibility index (Phi) is 21.0. The molecule has 0 saturated carbocycles. The lowest BCUT2D eigenvalue weighted by molar-refractivity contribution is -0.133. The molecule has 8 N–H and O–H groups in total. The van der Waals surface area contributed by atoms with Gasteiger partial charge < -0.3 is 36.8 Å². The van der Waals surface area contributed by atoms with Crippen molar-refractivity contribution in [1.82, 2.24) is 5.32 Å². The molecule has 0 aromatic heterocycles. The second-order valence-corrected chi connectivity index (χ2v) is 10.8. The standard InChI is InChI=1S/C34H54N4O6/c1-3-4-5-6-7-8-9-10-11-12-13-14-15-16-17-18-19-21-27(40)22-20-23-37-33(43)30-24-28(38-34(35)36)26(2)32(44-30)31(42)29(41)25-39/h4-5,7-8,10-11,13-14,16-17,24,26,28-29,31-32,39,41-42H,3,6,9,12,15,18-23,25H2,1-2H3,(H,37,43)(H4,35,36,38)/b5-4-,8-7-,11-10-,14-13-,17-16-/t26-,28-,29-,31-,32?/m1/s1. The van der Waals surface area contributed by atoms with Gasteiger partial charge in [-0.15, -0.1) is 0 Å². The number of unbranched alkanes of at least 4 members (excludes halogenated alkanes) is 1. The molecule has 1 aliphatic heterocycles. The number of carbonyl (C=O) groups excluding carboxylic acids is 2. The van der Waals surface area contributed by atoms with E-state index in [1.807, 2.05) is 0 Å². The maximum absolute atomic E-state index is 12.7. The number of nitrogens with zero attached hydrogens (tertiary/aromatic N) is 1. The van der Waals surface area contributed by atoms with Crippen molar-refractivity contribution in [3.05, 3.63) is 72.6 Å². The molecule has 1 aliphatic rings. The van der Waals surface area contributed by atoms with Gasteiger partial charge in [-0.05, 0) is 57.4 Å². The number of nitrogens with two attached hydrogens (primary N) is 2. The fourth-order valence-corrected chi connectivity index (χ4v) is 4.44. The Labute approximate surface area is 263 Å². The van der Waals surface area contributed by atoms with Crippen LogP contribution in [0.5, 0.6) is 0 Å². The summed E-state index contributed by atoms with van der Waals surface area (Å²) in [5, 5.41) is 32.2. The molecule has 0 fully saturated rings. The summed E-state index contributed by atoms with van der Waals surface area (Å²) in [7, 11) is 0. The van der Waals surface area contributed by atoms with E-state index in [4.69, 9.17) is 16.2 Å². The van der Waals surface area contributed by atoms with Gasteiger partial charge in [0.25, 0.3) is 5.91 Å². The van der Waals surface area contributed by atoms with Crippen LogP contribution in [-0.2, 0) is 14.3 Å². The molecule has 0 radical (unpaired) electrons. The predicted molar refractivity (Wildman–Crippen MR) is 176 cm³/mol. The summed E-state index contributed by atoms with van der Waals surface area (Å²) in [5.74, 6) is -1.19. The lowest BCUT2D eigenvalue weighted by atomic mass is 9.87. The number of hydrogen-bond acceptors (Lipinski definition) is 7. The molecule has 0 spiro atoms. The molecule has 44 heavy (non-hydrogen) atoms. The third kappa shape index (κ3) is 17.0. The minimum atomic E-state index is -1.46. The molecule has 0 bridgehead atoms. The average Bonchev–Trinajstić information content (AvgIpc) is 3.00. The maximum atomic E-state index is 12.7. The number of ether oxygens (including phenoxy) is 1. The van der Waals surface area contributed by atoms with Crippen LogP contribution in [0.25, 0.3) is 0 Å². The first kappa shape index (κ1) is 38.6. The first-order valence-electron chi connectivity index (χ1n) is 15.7. The van der Waals surface area contributed by atoms with Crippen molar-refractivity contribution >= 4 is 17.6 Å². The third-order valence-electron chi connectivity index (χ3n) is 6.98. The van der Waals surface area contributed by atoms with Gasteiger partial charge in [0.15, 0.2) is 11.7 Å². The number of aliphatic hydroxyl groups excluding tert-OH is 3. The highest BCUT2D eigenvalue weighted by Gasteiger charge is 2.40. The van der Waals surface area contributed by atoms with Gasteiger partial charge >= 0.3 is 0 Å². The topological polar surface area (TPSA) is 180 Å². The SMILES string of the molecule is CC/C=C\C/C=C\C/C=C\C/C=C\C/C=C\CCCC(=O)CCCNC(=O)C1=C[C@@H](N=C(N)N)[C@@H](C)C([C@H](O)[C@H](O)CO)O1. The average molecular weight is 615 g/mol. The van der Waals surface area contributed by atoms with Crippen LogP contribution in [0.1, 0.15) is 78.1 Å². The molecule has 10 heteroatoms. The highest BCUT2D eigenvalue weighted by atomic mass is 16.5. The van der Waals surface area contributed by atoms with E-state index in [9.17, 15) is 24.9 Å². The molecule has 1 unspecified atom stereocenters. The number of nitrogens with one attached hydrogen (secondary N) is 1. The van der Waals surface area contributed by atoms with E-state index in [2.05, 4.69) is 78.0 Å². The summed E-state index contributed by atoms with van der Waals surface area (Å²) in [4.78, 5) is 29.0. The summed E-state index contributed by atoms with van der Waals surface area (Å²) in [5.41, 5.74) is 11.0. The van der Waals surface area contributed by atoms with Crippen LogP contribution in [0.4, 0.5) is 0 Å². The fraction of sp³-hybridized carbons (Fsp3) is 0.559. The van der Waals surface area contributed by atoms with Crippen LogP contribution in [0, 0.1) is 5.92 Å². The van der Waals surface area contributed by atoms with Gasteiger partial charge in [0.2, 0.25) is 0 Å². The highest BCUT2D eigenvalue weighted by Crippen LogP contribution is 2.29. The zero-order chi connectivity index (χ0) is 32.6. The van der Waals surface area contributed by atoms with Crippen molar-refractivity contribution in [3.8, 4) is 0 Å². The van der Waals surface area contributed by atoms with E-state index in [1.54, 1.807) is 6.92 Å². The Hall–Kier alpha value is -3.47. The fourth-order valence-electron chi connectivity index (χ4n) is 4.44. The summed E-state index contributed by atoms with van der Waals surface area (Å²) < 4.78 is 5.67. The second-order valence-electron chi connectivity index (χ2n) is 10.8. The number of hydrogen-bond donors (Lipinski definition) is 6.